The van der Waals surface area contributed by atoms with Crippen LogP contribution in [0.25, 0.3) is 0 Å². The zero-order chi connectivity index (χ0) is 20.7. The van der Waals surface area contributed by atoms with Crippen molar-refractivity contribution >= 4 is 23.2 Å². The SMILES string of the molecule is CCN(CC)C(=O)c1cccc(C(=O)Nc2ccc(N(CC)CC)cc2C)c1. The van der Waals surface area contributed by atoms with E-state index in [1.807, 2.05) is 32.9 Å². The molecule has 2 rings (SSSR count). The van der Waals surface area contributed by atoms with Gasteiger partial charge in [0.1, 0.15) is 0 Å². The molecule has 0 saturated heterocycles. The Morgan fingerprint density at radius 2 is 1.50 bits per heavy atom. The molecule has 0 atom stereocenters. The molecule has 5 nitrogen and oxygen atoms in total. The Morgan fingerprint density at radius 3 is 2.07 bits per heavy atom. The normalized spacial score (nSPS) is 10.5. The van der Waals surface area contributed by atoms with Crippen LogP contribution in [0.4, 0.5) is 11.4 Å². The van der Waals surface area contributed by atoms with E-state index in [2.05, 4.69) is 30.1 Å². The molecule has 0 bridgehead atoms. The van der Waals surface area contributed by atoms with Gasteiger partial charge in [-0.1, -0.05) is 6.07 Å². The summed E-state index contributed by atoms with van der Waals surface area (Å²) >= 11 is 0. The Bertz CT molecular complexity index is 824. The molecule has 0 aliphatic rings. The van der Waals surface area contributed by atoms with Crippen LogP contribution in [0, 0.1) is 6.92 Å². The maximum atomic E-state index is 12.7. The van der Waals surface area contributed by atoms with Crippen LogP contribution in [0.1, 0.15) is 54.0 Å². The minimum Gasteiger partial charge on any atom is -0.372 e. The lowest BCUT2D eigenvalue weighted by atomic mass is 10.1. The fraction of sp³-hybridized carbons (Fsp3) is 0.391. The third kappa shape index (κ3) is 4.91. The Kier molecular flexibility index (Phi) is 7.61. The molecule has 2 aromatic carbocycles. The van der Waals surface area contributed by atoms with E-state index in [9.17, 15) is 9.59 Å². The predicted molar refractivity (Wildman–Crippen MR) is 116 cm³/mol. The molecule has 1 N–H and O–H groups in total. The summed E-state index contributed by atoms with van der Waals surface area (Å²) < 4.78 is 0. The Balaban J connectivity index is 2.19. The van der Waals surface area contributed by atoms with Gasteiger partial charge in [-0.05, 0) is 76.6 Å². The lowest BCUT2D eigenvalue weighted by Crippen LogP contribution is -2.30. The summed E-state index contributed by atoms with van der Waals surface area (Å²) in [6.45, 7) is 13.3. The highest BCUT2D eigenvalue weighted by Crippen LogP contribution is 2.23. The van der Waals surface area contributed by atoms with Crippen molar-refractivity contribution in [2.45, 2.75) is 34.6 Å². The molecule has 0 aliphatic carbocycles. The van der Waals surface area contributed by atoms with Gasteiger partial charge in [0.05, 0.1) is 0 Å². The van der Waals surface area contributed by atoms with Gasteiger partial charge in [0.2, 0.25) is 0 Å². The van der Waals surface area contributed by atoms with Crippen LogP contribution in [0.2, 0.25) is 0 Å². The van der Waals surface area contributed by atoms with Crippen molar-refractivity contribution in [3.8, 4) is 0 Å². The summed E-state index contributed by atoms with van der Waals surface area (Å²) in [6, 6.07) is 12.9. The van der Waals surface area contributed by atoms with Gasteiger partial charge in [0, 0.05) is 48.7 Å². The second kappa shape index (κ2) is 9.93. The summed E-state index contributed by atoms with van der Waals surface area (Å²) in [4.78, 5) is 29.3. The molecule has 28 heavy (non-hydrogen) atoms. The first-order valence-electron chi connectivity index (χ1n) is 10.0. The van der Waals surface area contributed by atoms with Gasteiger partial charge >= 0.3 is 0 Å². The van der Waals surface area contributed by atoms with Crippen molar-refractivity contribution in [1.82, 2.24) is 4.90 Å². The molecular formula is C23H31N3O2. The summed E-state index contributed by atoms with van der Waals surface area (Å²) in [7, 11) is 0. The van der Waals surface area contributed by atoms with E-state index in [0.29, 0.717) is 24.2 Å². The van der Waals surface area contributed by atoms with Crippen molar-refractivity contribution in [3.63, 3.8) is 0 Å². The van der Waals surface area contributed by atoms with Gasteiger partial charge in [0.25, 0.3) is 11.8 Å². The van der Waals surface area contributed by atoms with Crippen molar-refractivity contribution in [3.05, 3.63) is 59.2 Å². The average molecular weight is 382 g/mol. The van der Waals surface area contributed by atoms with Crippen LogP contribution in [-0.2, 0) is 0 Å². The van der Waals surface area contributed by atoms with Crippen LogP contribution in [0.15, 0.2) is 42.5 Å². The van der Waals surface area contributed by atoms with E-state index in [4.69, 9.17) is 0 Å². The highest BCUT2D eigenvalue weighted by Gasteiger charge is 2.15. The van der Waals surface area contributed by atoms with Gasteiger partial charge in [-0.25, -0.2) is 0 Å². The van der Waals surface area contributed by atoms with Crippen molar-refractivity contribution in [2.75, 3.05) is 36.4 Å². The summed E-state index contributed by atoms with van der Waals surface area (Å²) in [5, 5.41) is 2.97. The number of rotatable bonds is 8. The van der Waals surface area contributed by atoms with E-state index in [0.717, 1.165) is 30.0 Å². The molecule has 2 amide bonds. The van der Waals surface area contributed by atoms with E-state index < -0.39 is 0 Å². The molecule has 0 aliphatic heterocycles. The Hall–Kier alpha value is -2.82. The largest absolute Gasteiger partial charge is 0.372 e. The van der Waals surface area contributed by atoms with Crippen LogP contribution >= 0.6 is 0 Å². The van der Waals surface area contributed by atoms with Crippen molar-refractivity contribution in [1.29, 1.82) is 0 Å². The topological polar surface area (TPSA) is 52.7 Å². The summed E-state index contributed by atoms with van der Waals surface area (Å²) in [5.41, 5.74) is 3.94. The first-order valence-corrected chi connectivity index (χ1v) is 10.0. The van der Waals surface area contributed by atoms with Gasteiger partial charge in [0.15, 0.2) is 0 Å². The smallest absolute Gasteiger partial charge is 0.255 e. The zero-order valence-corrected chi connectivity index (χ0v) is 17.6. The molecule has 0 unspecified atom stereocenters. The zero-order valence-electron chi connectivity index (χ0n) is 17.6. The molecule has 150 valence electrons. The van der Waals surface area contributed by atoms with Crippen molar-refractivity contribution < 1.29 is 9.59 Å². The van der Waals surface area contributed by atoms with E-state index >= 15 is 0 Å². The molecule has 0 radical (unpaired) electrons. The number of benzene rings is 2. The molecule has 0 spiro atoms. The van der Waals surface area contributed by atoms with E-state index in [1.165, 1.54) is 0 Å². The number of amides is 2. The molecule has 0 aromatic heterocycles. The maximum Gasteiger partial charge on any atom is 0.255 e. The van der Waals surface area contributed by atoms with Gasteiger partial charge in [-0.3, -0.25) is 9.59 Å². The third-order valence-electron chi connectivity index (χ3n) is 5.01. The first-order chi connectivity index (χ1) is 13.4. The number of carbonyl (C=O) groups is 2. The monoisotopic (exact) mass is 381 g/mol. The molecule has 0 heterocycles. The number of carbonyl (C=O) groups excluding carboxylic acids is 2. The number of hydrogen-bond donors (Lipinski definition) is 1. The minimum absolute atomic E-state index is 0.0561. The molecular weight excluding hydrogens is 350 g/mol. The predicted octanol–water partition coefficient (Wildman–Crippen LogP) is 4.58. The number of anilines is 2. The summed E-state index contributed by atoms with van der Waals surface area (Å²) in [6.07, 6.45) is 0. The van der Waals surface area contributed by atoms with Crippen LogP contribution in [0.3, 0.4) is 0 Å². The molecule has 0 saturated carbocycles. The second-order valence-corrected chi connectivity index (χ2v) is 6.68. The number of nitrogens with zero attached hydrogens (tertiary/aromatic N) is 2. The van der Waals surface area contributed by atoms with E-state index in [-0.39, 0.29) is 11.8 Å². The lowest BCUT2D eigenvalue weighted by molar-refractivity contribution is 0.0773. The molecule has 5 heteroatoms. The fourth-order valence-corrected chi connectivity index (χ4v) is 3.25. The second-order valence-electron chi connectivity index (χ2n) is 6.68. The number of hydrogen-bond acceptors (Lipinski definition) is 3. The highest BCUT2D eigenvalue weighted by atomic mass is 16.2. The minimum atomic E-state index is -0.215. The quantitative estimate of drug-likeness (QED) is 0.728. The van der Waals surface area contributed by atoms with E-state index in [1.54, 1.807) is 29.2 Å². The number of nitrogens with one attached hydrogen (secondary N) is 1. The van der Waals surface area contributed by atoms with Gasteiger partial charge in [-0.2, -0.15) is 0 Å². The van der Waals surface area contributed by atoms with Gasteiger partial charge in [-0.15, -0.1) is 0 Å². The van der Waals surface area contributed by atoms with Crippen LogP contribution < -0.4 is 10.2 Å². The Morgan fingerprint density at radius 1 is 0.857 bits per heavy atom. The first kappa shape index (κ1) is 21.5. The molecule has 2 aromatic rings. The average Bonchev–Trinajstić information content (AvgIpc) is 2.71. The fourth-order valence-electron chi connectivity index (χ4n) is 3.25. The van der Waals surface area contributed by atoms with Gasteiger partial charge < -0.3 is 15.1 Å². The molecule has 0 fully saturated rings. The van der Waals surface area contributed by atoms with Crippen molar-refractivity contribution in [2.24, 2.45) is 0 Å². The maximum absolute atomic E-state index is 12.7. The Labute approximate surface area is 168 Å². The summed E-state index contributed by atoms with van der Waals surface area (Å²) in [5.74, 6) is -0.271. The highest BCUT2D eigenvalue weighted by molar-refractivity contribution is 6.06. The lowest BCUT2D eigenvalue weighted by Gasteiger charge is -2.22. The standard InChI is InChI=1S/C23H31N3O2/c1-6-25(7-2)20-13-14-21(17(5)15-20)24-22(27)18-11-10-12-19(16-18)23(28)26(8-3)9-4/h10-16H,6-9H2,1-5H3,(H,24,27). The van der Waals surface area contributed by atoms with Crippen LogP contribution in [0.5, 0.6) is 0 Å². The third-order valence-corrected chi connectivity index (χ3v) is 5.01. The van der Waals surface area contributed by atoms with Crippen LogP contribution in [-0.4, -0.2) is 42.9 Å². The number of aryl methyl sites for hydroxylation is 1.